The van der Waals surface area contributed by atoms with Gasteiger partial charge in [0.05, 0.1) is 12.7 Å². The van der Waals surface area contributed by atoms with Crippen molar-refractivity contribution in [3.05, 3.63) is 29.8 Å². The van der Waals surface area contributed by atoms with E-state index >= 15 is 0 Å². The fourth-order valence-corrected chi connectivity index (χ4v) is 1.22. The molecule has 2 rings (SSSR count). The average Bonchev–Trinajstić information content (AvgIpc) is 2.81. The number of nitrogens with one attached hydrogen (secondary N) is 2. The molecule has 1 heterocycles. The van der Waals surface area contributed by atoms with Gasteiger partial charge in [0, 0.05) is 0 Å². The van der Waals surface area contributed by atoms with Gasteiger partial charge in [0.15, 0.2) is 0 Å². The molecule has 2 aromatic rings. The third kappa shape index (κ3) is 1.97. The highest BCUT2D eigenvalue weighted by molar-refractivity contribution is 6.05. The zero-order valence-electron chi connectivity index (χ0n) is 8.47. The monoisotopic (exact) mass is 219 g/mol. The number of nitrogens with zero attached hydrogens (tertiary/aromatic N) is 3. The van der Waals surface area contributed by atoms with Crippen molar-refractivity contribution < 1.29 is 9.53 Å². The number of anilines is 1. The van der Waals surface area contributed by atoms with E-state index in [9.17, 15) is 4.79 Å². The van der Waals surface area contributed by atoms with E-state index in [4.69, 9.17) is 4.74 Å². The summed E-state index contributed by atoms with van der Waals surface area (Å²) in [7, 11) is 1.50. The molecule has 0 aliphatic rings. The molecule has 0 radical (unpaired) electrons. The number of tetrazole rings is 1. The summed E-state index contributed by atoms with van der Waals surface area (Å²) in [5.74, 6) is 0.347. The van der Waals surface area contributed by atoms with Crippen LogP contribution in [0.25, 0.3) is 0 Å². The number of rotatable bonds is 3. The number of ether oxygens (including phenoxy) is 1. The molecular formula is C9H9N5O2. The Morgan fingerprint density at radius 1 is 1.44 bits per heavy atom. The number of aromatic nitrogens is 4. The summed E-state index contributed by atoms with van der Waals surface area (Å²) in [6.45, 7) is 0. The van der Waals surface area contributed by atoms with Crippen LogP contribution in [0.2, 0.25) is 0 Å². The molecule has 0 saturated carbocycles. The predicted molar refractivity (Wildman–Crippen MR) is 55.1 cm³/mol. The molecule has 1 aromatic heterocycles. The van der Waals surface area contributed by atoms with Gasteiger partial charge in [0.1, 0.15) is 5.75 Å². The van der Waals surface area contributed by atoms with Crippen molar-refractivity contribution in [2.24, 2.45) is 0 Å². The molecule has 1 aromatic carbocycles. The summed E-state index contributed by atoms with van der Waals surface area (Å²) in [5, 5.41) is 15.2. The second-order valence-corrected chi connectivity index (χ2v) is 2.90. The maximum atomic E-state index is 11.8. The fourth-order valence-electron chi connectivity index (χ4n) is 1.22. The van der Waals surface area contributed by atoms with E-state index in [2.05, 4.69) is 25.9 Å². The normalized spacial score (nSPS) is 9.81. The zero-order chi connectivity index (χ0) is 11.4. The third-order valence-electron chi connectivity index (χ3n) is 1.93. The van der Waals surface area contributed by atoms with Crippen LogP contribution >= 0.6 is 0 Å². The topological polar surface area (TPSA) is 92.8 Å². The Bertz CT molecular complexity index is 482. The highest BCUT2D eigenvalue weighted by Crippen LogP contribution is 2.17. The number of carbonyl (C=O) groups excluding carboxylic acids is 1. The predicted octanol–water partition coefficient (Wildman–Crippen LogP) is 0.461. The minimum Gasteiger partial charge on any atom is -0.496 e. The third-order valence-corrected chi connectivity index (χ3v) is 1.93. The van der Waals surface area contributed by atoms with Gasteiger partial charge in [0.25, 0.3) is 5.91 Å². The van der Waals surface area contributed by atoms with Gasteiger partial charge < -0.3 is 4.74 Å². The Morgan fingerprint density at radius 2 is 2.25 bits per heavy atom. The number of hydrogen-bond donors (Lipinski definition) is 2. The lowest BCUT2D eigenvalue weighted by molar-refractivity contribution is 0.102. The van der Waals surface area contributed by atoms with E-state index in [1.807, 2.05) is 0 Å². The lowest BCUT2D eigenvalue weighted by Gasteiger charge is -2.06. The minimum atomic E-state index is -0.337. The summed E-state index contributed by atoms with van der Waals surface area (Å²) in [4.78, 5) is 11.8. The largest absolute Gasteiger partial charge is 0.496 e. The van der Waals surface area contributed by atoms with Crippen molar-refractivity contribution in [2.45, 2.75) is 0 Å². The van der Waals surface area contributed by atoms with Crippen LogP contribution in [0.15, 0.2) is 24.3 Å². The maximum absolute atomic E-state index is 11.8. The molecular weight excluding hydrogens is 210 g/mol. The number of aromatic amines is 1. The standard InChI is InChI=1S/C9H9N5O2/c1-16-7-5-3-2-4-6(7)8(15)10-9-11-13-14-12-9/h2-5H,1H3,(H2,10,11,12,13,14,15). The quantitative estimate of drug-likeness (QED) is 0.782. The number of H-pyrrole nitrogens is 1. The van der Waals surface area contributed by atoms with Crippen molar-refractivity contribution in [3.63, 3.8) is 0 Å². The van der Waals surface area contributed by atoms with Crippen molar-refractivity contribution in [2.75, 3.05) is 12.4 Å². The molecule has 0 aliphatic heterocycles. The van der Waals surface area contributed by atoms with Crippen LogP contribution in [0.5, 0.6) is 5.75 Å². The molecule has 0 aliphatic carbocycles. The van der Waals surface area contributed by atoms with Gasteiger partial charge in [0.2, 0.25) is 5.95 Å². The maximum Gasteiger partial charge on any atom is 0.261 e. The first kappa shape index (κ1) is 10.1. The average molecular weight is 219 g/mol. The molecule has 7 nitrogen and oxygen atoms in total. The Labute approximate surface area is 90.8 Å². The van der Waals surface area contributed by atoms with Crippen LogP contribution in [0.4, 0.5) is 5.95 Å². The van der Waals surface area contributed by atoms with Crippen LogP contribution in [0.3, 0.4) is 0 Å². The Hall–Kier alpha value is -2.44. The highest BCUT2D eigenvalue weighted by atomic mass is 16.5. The van der Waals surface area contributed by atoms with E-state index in [0.717, 1.165) is 0 Å². The van der Waals surface area contributed by atoms with Crippen molar-refractivity contribution in [3.8, 4) is 5.75 Å². The van der Waals surface area contributed by atoms with Gasteiger partial charge in [-0.2, -0.15) is 0 Å². The summed E-state index contributed by atoms with van der Waals surface area (Å²) in [6, 6.07) is 6.88. The van der Waals surface area contributed by atoms with Crippen LogP contribution in [0.1, 0.15) is 10.4 Å². The van der Waals surface area contributed by atoms with E-state index in [1.54, 1.807) is 24.3 Å². The molecule has 0 bridgehead atoms. The molecule has 0 saturated heterocycles. The molecule has 1 amide bonds. The first-order chi connectivity index (χ1) is 7.81. The van der Waals surface area contributed by atoms with Gasteiger partial charge in [-0.3, -0.25) is 10.1 Å². The lowest BCUT2D eigenvalue weighted by Crippen LogP contribution is -2.14. The zero-order valence-corrected chi connectivity index (χ0v) is 8.47. The van der Waals surface area contributed by atoms with Gasteiger partial charge in [-0.25, -0.2) is 5.10 Å². The molecule has 82 valence electrons. The van der Waals surface area contributed by atoms with Crippen molar-refractivity contribution in [1.82, 2.24) is 20.6 Å². The molecule has 2 N–H and O–H groups in total. The molecule has 7 heteroatoms. The summed E-state index contributed by atoms with van der Waals surface area (Å²) < 4.78 is 5.06. The van der Waals surface area contributed by atoms with Crippen LogP contribution in [-0.2, 0) is 0 Å². The molecule has 0 atom stereocenters. The van der Waals surface area contributed by atoms with Gasteiger partial charge in [-0.15, -0.1) is 0 Å². The number of benzene rings is 1. The van der Waals surface area contributed by atoms with Crippen molar-refractivity contribution >= 4 is 11.9 Å². The molecule has 0 unspecified atom stereocenters. The minimum absolute atomic E-state index is 0.191. The Balaban J connectivity index is 2.21. The molecule has 0 fully saturated rings. The second-order valence-electron chi connectivity index (χ2n) is 2.90. The number of para-hydroxylation sites is 1. The Kier molecular flexibility index (Phi) is 2.77. The van der Waals surface area contributed by atoms with Gasteiger partial charge in [-0.1, -0.05) is 17.2 Å². The number of methoxy groups -OCH3 is 1. The van der Waals surface area contributed by atoms with E-state index in [-0.39, 0.29) is 11.9 Å². The first-order valence-corrected chi connectivity index (χ1v) is 4.49. The summed E-state index contributed by atoms with van der Waals surface area (Å²) in [6.07, 6.45) is 0. The summed E-state index contributed by atoms with van der Waals surface area (Å²) >= 11 is 0. The smallest absolute Gasteiger partial charge is 0.261 e. The fraction of sp³-hybridized carbons (Fsp3) is 0.111. The van der Waals surface area contributed by atoms with Crippen LogP contribution < -0.4 is 10.1 Å². The SMILES string of the molecule is COc1ccccc1C(=O)Nc1nnn[nH]1. The van der Waals surface area contributed by atoms with E-state index < -0.39 is 0 Å². The number of carbonyl (C=O) groups is 1. The first-order valence-electron chi connectivity index (χ1n) is 4.49. The van der Waals surface area contributed by atoms with E-state index in [1.165, 1.54) is 7.11 Å². The van der Waals surface area contributed by atoms with Gasteiger partial charge >= 0.3 is 0 Å². The van der Waals surface area contributed by atoms with Crippen molar-refractivity contribution in [1.29, 1.82) is 0 Å². The van der Waals surface area contributed by atoms with Crippen LogP contribution in [0, 0.1) is 0 Å². The number of amides is 1. The highest BCUT2D eigenvalue weighted by Gasteiger charge is 2.12. The van der Waals surface area contributed by atoms with Gasteiger partial charge in [-0.05, 0) is 22.6 Å². The van der Waals surface area contributed by atoms with E-state index in [0.29, 0.717) is 11.3 Å². The molecule has 0 spiro atoms. The molecule has 16 heavy (non-hydrogen) atoms. The number of hydrogen-bond acceptors (Lipinski definition) is 5. The second kappa shape index (κ2) is 4.39. The lowest BCUT2D eigenvalue weighted by atomic mass is 10.2. The van der Waals surface area contributed by atoms with Crippen LogP contribution in [-0.4, -0.2) is 33.6 Å². The Morgan fingerprint density at radius 3 is 2.94 bits per heavy atom. The summed E-state index contributed by atoms with van der Waals surface area (Å²) in [5.41, 5.74) is 0.418.